The summed E-state index contributed by atoms with van der Waals surface area (Å²) in [5, 5.41) is 2.81. The van der Waals surface area contributed by atoms with E-state index in [0.717, 1.165) is 23.4 Å². The highest BCUT2D eigenvalue weighted by Crippen LogP contribution is 2.61. The van der Waals surface area contributed by atoms with E-state index in [2.05, 4.69) is 5.32 Å². The minimum absolute atomic E-state index is 0.0586. The maximum atomic E-state index is 12.6. The van der Waals surface area contributed by atoms with Gasteiger partial charge in [-0.25, -0.2) is 0 Å². The number of benzene rings is 1. The molecule has 0 saturated heterocycles. The van der Waals surface area contributed by atoms with Gasteiger partial charge in [-0.3, -0.25) is 9.59 Å². The number of methoxy groups -OCH3 is 1. The Morgan fingerprint density at radius 1 is 1.55 bits per heavy atom. The molecule has 0 aromatic heterocycles. The van der Waals surface area contributed by atoms with E-state index in [-0.39, 0.29) is 17.7 Å². The highest BCUT2D eigenvalue weighted by Gasteiger charge is 2.66. The summed E-state index contributed by atoms with van der Waals surface area (Å²) in [7, 11) is 3.42. The van der Waals surface area contributed by atoms with Crippen LogP contribution in [0.1, 0.15) is 18.9 Å². The quantitative estimate of drug-likeness (QED) is 0.897. The van der Waals surface area contributed by atoms with E-state index >= 15 is 0 Å². The molecule has 1 heterocycles. The normalized spacial score (nSPS) is 26.6. The van der Waals surface area contributed by atoms with Crippen molar-refractivity contribution in [3.05, 3.63) is 23.8 Å². The standard InChI is InChI=1S/C15H18N2O3/c1-9(18)16-8-10-7-15(10)12-6-11(20-3)4-5-13(12)17(2)14(15)19/h4-6,10H,7-8H2,1-3H3,(H,16,18). The number of hydrogen-bond acceptors (Lipinski definition) is 3. The van der Waals surface area contributed by atoms with E-state index in [4.69, 9.17) is 4.74 Å². The van der Waals surface area contributed by atoms with Crippen LogP contribution in [0.15, 0.2) is 18.2 Å². The third kappa shape index (κ3) is 1.62. The number of carbonyl (C=O) groups excluding carboxylic acids is 2. The van der Waals surface area contributed by atoms with Crippen molar-refractivity contribution in [2.75, 3.05) is 25.6 Å². The number of amides is 2. The zero-order chi connectivity index (χ0) is 14.5. The molecule has 0 radical (unpaired) electrons. The summed E-state index contributed by atoms with van der Waals surface area (Å²) in [6.07, 6.45) is 0.788. The Bertz CT molecular complexity index is 599. The fourth-order valence-electron chi connectivity index (χ4n) is 3.25. The second kappa shape index (κ2) is 4.23. The van der Waals surface area contributed by atoms with E-state index in [1.165, 1.54) is 6.92 Å². The van der Waals surface area contributed by atoms with Crippen LogP contribution in [0, 0.1) is 5.92 Å². The van der Waals surface area contributed by atoms with E-state index in [1.807, 2.05) is 18.2 Å². The molecule has 1 aliphatic carbocycles. The largest absolute Gasteiger partial charge is 0.497 e. The Kier molecular flexibility index (Phi) is 2.74. The molecule has 2 unspecified atom stereocenters. The number of anilines is 1. The summed E-state index contributed by atoms with van der Waals surface area (Å²) in [5.74, 6) is 0.999. The number of carbonyl (C=O) groups is 2. The Hall–Kier alpha value is -2.04. The van der Waals surface area contributed by atoms with Crippen LogP contribution in [0.25, 0.3) is 0 Å². The van der Waals surface area contributed by atoms with Gasteiger partial charge in [0.15, 0.2) is 0 Å². The van der Waals surface area contributed by atoms with Crippen LogP contribution >= 0.6 is 0 Å². The molecule has 1 spiro atoms. The Morgan fingerprint density at radius 2 is 2.30 bits per heavy atom. The first-order valence-electron chi connectivity index (χ1n) is 6.72. The van der Waals surface area contributed by atoms with Crippen LogP contribution < -0.4 is 15.0 Å². The lowest BCUT2D eigenvalue weighted by molar-refractivity contribution is -0.121. The maximum Gasteiger partial charge on any atom is 0.237 e. The summed E-state index contributed by atoms with van der Waals surface area (Å²) < 4.78 is 5.26. The van der Waals surface area contributed by atoms with Gasteiger partial charge in [-0.05, 0) is 36.1 Å². The first-order valence-corrected chi connectivity index (χ1v) is 6.72. The molecule has 1 aromatic rings. The van der Waals surface area contributed by atoms with Crippen LogP contribution in [0.4, 0.5) is 5.69 Å². The Labute approximate surface area is 117 Å². The summed E-state index contributed by atoms with van der Waals surface area (Å²) in [4.78, 5) is 25.3. The van der Waals surface area contributed by atoms with Gasteiger partial charge in [0.25, 0.3) is 0 Å². The third-order valence-corrected chi connectivity index (χ3v) is 4.43. The number of hydrogen-bond donors (Lipinski definition) is 1. The molecule has 1 aromatic carbocycles. The minimum Gasteiger partial charge on any atom is -0.497 e. The maximum absolute atomic E-state index is 12.6. The van der Waals surface area contributed by atoms with Crippen molar-refractivity contribution in [1.82, 2.24) is 5.32 Å². The van der Waals surface area contributed by atoms with Gasteiger partial charge in [-0.2, -0.15) is 0 Å². The summed E-state index contributed by atoms with van der Waals surface area (Å²) >= 11 is 0. The Balaban J connectivity index is 1.95. The average molecular weight is 274 g/mol. The van der Waals surface area contributed by atoms with Crippen LogP contribution in [0.5, 0.6) is 5.75 Å². The van der Waals surface area contributed by atoms with Gasteiger partial charge in [0.2, 0.25) is 11.8 Å². The molecule has 2 atom stereocenters. The number of ether oxygens (including phenoxy) is 1. The molecule has 2 aliphatic rings. The van der Waals surface area contributed by atoms with Crippen molar-refractivity contribution in [3.8, 4) is 5.75 Å². The monoisotopic (exact) mass is 274 g/mol. The fraction of sp³-hybridized carbons (Fsp3) is 0.467. The summed E-state index contributed by atoms with van der Waals surface area (Å²) in [5.41, 5.74) is 1.52. The van der Waals surface area contributed by atoms with Gasteiger partial charge < -0.3 is 15.0 Å². The molecule has 0 bridgehead atoms. The smallest absolute Gasteiger partial charge is 0.237 e. The van der Waals surface area contributed by atoms with Crippen LogP contribution in [-0.2, 0) is 15.0 Å². The molecule has 2 amide bonds. The first kappa shape index (κ1) is 13.0. The van der Waals surface area contributed by atoms with Crippen molar-refractivity contribution < 1.29 is 14.3 Å². The van der Waals surface area contributed by atoms with E-state index in [1.54, 1.807) is 19.1 Å². The van der Waals surface area contributed by atoms with Crippen LogP contribution in [-0.4, -0.2) is 32.5 Å². The molecule has 1 N–H and O–H groups in total. The van der Waals surface area contributed by atoms with Crippen LogP contribution in [0.2, 0.25) is 0 Å². The lowest BCUT2D eigenvalue weighted by Crippen LogP contribution is -2.32. The van der Waals surface area contributed by atoms with Crippen molar-refractivity contribution in [2.24, 2.45) is 5.92 Å². The van der Waals surface area contributed by atoms with E-state index in [0.29, 0.717) is 6.54 Å². The number of nitrogens with zero attached hydrogens (tertiary/aromatic N) is 1. The molecule has 1 fully saturated rings. The fourth-order valence-corrected chi connectivity index (χ4v) is 3.25. The predicted octanol–water partition coefficient (Wildman–Crippen LogP) is 1.07. The van der Waals surface area contributed by atoms with Crippen molar-refractivity contribution >= 4 is 17.5 Å². The lowest BCUT2D eigenvalue weighted by Gasteiger charge is -2.11. The van der Waals surface area contributed by atoms with Gasteiger partial charge >= 0.3 is 0 Å². The Morgan fingerprint density at radius 3 is 2.95 bits per heavy atom. The van der Waals surface area contributed by atoms with Gasteiger partial charge in [-0.15, -0.1) is 0 Å². The van der Waals surface area contributed by atoms with Crippen LogP contribution in [0.3, 0.4) is 0 Å². The summed E-state index contributed by atoms with van der Waals surface area (Å²) in [6, 6.07) is 5.74. The molecule has 5 heteroatoms. The van der Waals surface area contributed by atoms with Gasteiger partial charge in [-0.1, -0.05) is 0 Å². The zero-order valence-electron chi connectivity index (χ0n) is 11.9. The molecule has 1 saturated carbocycles. The number of nitrogens with one attached hydrogen (secondary N) is 1. The summed E-state index contributed by atoms with van der Waals surface area (Å²) in [6.45, 7) is 2.04. The van der Waals surface area contributed by atoms with Gasteiger partial charge in [0.1, 0.15) is 5.75 Å². The second-order valence-corrected chi connectivity index (χ2v) is 5.56. The van der Waals surface area contributed by atoms with E-state index in [9.17, 15) is 9.59 Å². The molecule has 5 nitrogen and oxygen atoms in total. The highest BCUT2D eigenvalue weighted by molar-refractivity contribution is 6.10. The van der Waals surface area contributed by atoms with Gasteiger partial charge in [0.05, 0.1) is 12.5 Å². The molecular formula is C15H18N2O3. The SMILES string of the molecule is COc1ccc2c(c1)C1(CC1CNC(C)=O)C(=O)N2C. The first-order chi connectivity index (χ1) is 9.50. The average Bonchev–Trinajstić information content (AvgIpc) is 3.13. The predicted molar refractivity (Wildman–Crippen MR) is 74.9 cm³/mol. The second-order valence-electron chi connectivity index (χ2n) is 5.56. The molecule has 1 aliphatic heterocycles. The van der Waals surface area contributed by atoms with Gasteiger partial charge in [0, 0.05) is 26.2 Å². The van der Waals surface area contributed by atoms with Crippen molar-refractivity contribution in [3.63, 3.8) is 0 Å². The number of rotatable bonds is 3. The van der Waals surface area contributed by atoms with E-state index < -0.39 is 5.41 Å². The number of fused-ring (bicyclic) bond motifs is 2. The zero-order valence-corrected chi connectivity index (χ0v) is 11.9. The van der Waals surface area contributed by atoms with Crippen molar-refractivity contribution in [1.29, 1.82) is 0 Å². The lowest BCUT2D eigenvalue weighted by atomic mass is 9.94. The number of likely N-dealkylation sites (N-methyl/N-ethyl adjacent to an activating group) is 1. The molecule has 3 rings (SSSR count). The third-order valence-electron chi connectivity index (χ3n) is 4.43. The molecule has 20 heavy (non-hydrogen) atoms. The topological polar surface area (TPSA) is 58.6 Å². The van der Waals surface area contributed by atoms with Crippen molar-refractivity contribution in [2.45, 2.75) is 18.8 Å². The molecular weight excluding hydrogens is 256 g/mol. The highest BCUT2D eigenvalue weighted by atomic mass is 16.5. The molecule has 106 valence electrons. The minimum atomic E-state index is -0.457.